The van der Waals surface area contributed by atoms with Crippen molar-refractivity contribution in [3.8, 4) is 0 Å². The predicted octanol–water partition coefficient (Wildman–Crippen LogP) is 0.446. The largest absolute Gasteiger partial charge is 0.349 e. The van der Waals surface area contributed by atoms with Crippen LogP contribution >= 0.6 is 0 Å². The fourth-order valence-electron chi connectivity index (χ4n) is 2.71. The number of hydrogen-bond acceptors (Lipinski definition) is 4. The quantitative estimate of drug-likeness (QED) is 0.759. The lowest BCUT2D eigenvalue weighted by Gasteiger charge is -2.23. The molecule has 20 heavy (non-hydrogen) atoms. The summed E-state index contributed by atoms with van der Waals surface area (Å²) in [5, 5.41) is 2.92. The van der Waals surface area contributed by atoms with Crippen molar-refractivity contribution in [1.82, 2.24) is 19.8 Å². The van der Waals surface area contributed by atoms with E-state index in [1.165, 1.54) is 25.7 Å². The van der Waals surface area contributed by atoms with Gasteiger partial charge in [0.1, 0.15) is 5.69 Å². The van der Waals surface area contributed by atoms with E-state index in [0.29, 0.717) is 31.4 Å². The Balaban J connectivity index is 1.71. The molecule has 6 nitrogen and oxygen atoms in total. The van der Waals surface area contributed by atoms with Gasteiger partial charge in [-0.2, -0.15) is 0 Å². The average molecular weight is 279 g/mol. The van der Waals surface area contributed by atoms with E-state index in [9.17, 15) is 4.79 Å². The molecule has 1 aliphatic carbocycles. The maximum atomic E-state index is 11.9. The van der Waals surface area contributed by atoms with E-state index in [0.717, 1.165) is 6.54 Å². The van der Waals surface area contributed by atoms with Gasteiger partial charge in [0.05, 0.1) is 6.33 Å². The molecule has 0 aromatic carbocycles. The van der Waals surface area contributed by atoms with E-state index in [-0.39, 0.29) is 5.91 Å². The number of nitrogens with zero attached hydrogens (tertiary/aromatic N) is 3. The Kier molecular flexibility index (Phi) is 5.55. The zero-order valence-electron chi connectivity index (χ0n) is 12.2. The minimum absolute atomic E-state index is 0.111. The number of carbonyl (C=O) groups is 1. The smallest absolute Gasteiger partial charge is 0.271 e. The normalized spacial score (nSPS) is 15.9. The molecule has 0 radical (unpaired) electrons. The zero-order valence-corrected chi connectivity index (χ0v) is 12.2. The van der Waals surface area contributed by atoms with Gasteiger partial charge in [0.2, 0.25) is 0 Å². The van der Waals surface area contributed by atoms with Crippen LogP contribution in [0.25, 0.3) is 0 Å². The molecule has 1 aromatic rings. The number of nitrogens with two attached hydrogens (primary N) is 1. The summed E-state index contributed by atoms with van der Waals surface area (Å²) in [7, 11) is 2.14. The third kappa shape index (κ3) is 4.05. The zero-order chi connectivity index (χ0) is 14.4. The number of aromatic nitrogens is 2. The van der Waals surface area contributed by atoms with Gasteiger partial charge in [-0.1, -0.05) is 12.8 Å². The first-order valence-corrected chi connectivity index (χ1v) is 7.41. The van der Waals surface area contributed by atoms with Crippen LogP contribution in [-0.2, 0) is 6.54 Å². The van der Waals surface area contributed by atoms with Crippen molar-refractivity contribution in [2.45, 2.75) is 38.3 Å². The number of rotatable bonds is 7. The molecule has 0 bridgehead atoms. The molecule has 0 atom stereocenters. The Bertz CT molecular complexity index is 425. The van der Waals surface area contributed by atoms with E-state index in [1.807, 2.05) is 4.57 Å². The maximum absolute atomic E-state index is 11.9. The first kappa shape index (κ1) is 15.0. The standard InChI is InChI=1S/C14H25N5O/c1-18(12-4-2-3-5-12)9-7-16-14(20)13-10-19(8-6-15)11-17-13/h10-12H,2-9,15H2,1H3,(H,16,20). The number of imidazole rings is 1. The van der Waals surface area contributed by atoms with Gasteiger partial charge in [-0.25, -0.2) is 4.98 Å². The van der Waals surface area contributed by atoms with Crippen molar-refractivity contribution in [1.29, 1.82) is 0 Å². The molecular formula is C14H25N5O. The Morgan fingerprint density at radius 2 is 2.30 bits per heavy atom. The van der Waals surface area contributed by atoms with E-state index >= 15 is 0 Å². The van der Waals surface area contributed by atoms with E-state index in [2.05, 4.69) is 22.2 Å². The number of likely N-dealkylation sites (N-methyl/N-ethyl adjacent to an activating group) is 1. The second kappa shape index (κ2) is 7.40. The molecule has 2 rings (SSSR count). The summed E-state index contributed by atoms with van der Waals surface area (Å²) in [6.45, 7) is 2.78. The van der Waals surface area contributed by atoms with Crippen LogP contribution in [0.3, 0.4) is 0 Å². The van der Waals surface area contributed by atoms with Crippen LogP contribution in [0.2, 0.25) is 0 Å². The Morgan fingerprint density at radius 1 is 1.55 bits per heavy atom. The van der Waals surface area contributed by atoms with Crippen molar-refractivity contribution >= 4 is 5.91 Å². The molecule has 112 valence electrons. The highest BCUT2D eigenvalue weighted by atomic mass is 16.1. The van der Waals surface area contributed by atoms with Crippen LogP contribution in [-0.4, -0.2) is 53.1 Å². The molecule has 1 fully saturated rings. The summed E-state index contributed by atoms with van der Waals surface area (Å²) >= 11 is 0. The summed E-state index contributed by atoms with van der Waals surface area (Å²) in [4.78, 5) is 18.4. The lowest BCUT2D eigenvalue weighted by molar-refractivity contribution is 0.0942. The molecule has 1 heterocycles. The summed E-state index contributed by atoms with van der Waals surface area (Å²) < 4.78 is 1.83. The van der Waals surface area contributed by atoms with E-state index in [4.69, 9.17) is 5.73 Å². The van der Waals surface area contributed by atoms with Gasteiger partial charge in [-0.15, -0.1) is 0 Å². The minimum atomic E-state index is -0.111. The van der Waals surface area contributed by atoms with Gasteiger partial charge in [0.15, 0.2) is 0 Å². The molecule has 1 saturated carbocycles. The third-order valence-corrected chi connectivity index (χ3v) is 3.95. The summed E-state index contributed by atoms with van der Waals surface area (Å²) in [5.41, 5.74) is 5.92. The SMILES string of the molecule is CN(CCNC(=O)c1cn(CCN)cn1)C1CCCC1. The highest BCUT2D eigenvalue weighted by Crippen LogP contribution is 2.21. The lowest BCUT2D eigenvalue weighted by atomic mass is 10.2. The molecule has 6 heteroatoms. The first-order chi connectivity index (χ1) is 9.70. The second-order valence-corrected chi connectivity index (χ2v) is 5.46. The van der Waals surface area contributed by atoms with Crippen molar-refractivity contribution in [2.75, 3.05) is 26.7 Å². The average Bonchev–Trinajstić information content (AvgIpc) is 3.10. The topological polar surface area (TPSA) is 76.2 Å². The molecule has 1 aliphatic rings. The predicted molar refractivity (Wildman–Crippen MR) is 78.5 cm³/mol. The van der Waals surface area contributed by atoms with E-state index < -0.39 is 0 Å². The highest BCUT2D eigenvalue weighted by molar-refractivity contribution is 5.91. The number of carbonyl (C=O) groups excluding carboxylic acids is 1. The minimum Gasteiger partial charge on any atom is -0.349 e. The number of amides is 1. The Morgan fingerprint density at radius 3 is 3.00 bits per heavy atom. The molecule has 0 unspecified atom stereocenters. The molecule has 1 amide bonds. The van der Waals surface area contributed by atoms with Crippen LogP contribution in [0.1, 0.15) is 36.2 Å². The van der Waals surface area contributed by atoms with Gasteiger partial charge in [-0.05, 0) is 19.9 Å². The highest BCUT2D eigenvalue weighted by Gasteiger charge is 2.19. The third-order valence-electron chi connectivity index (χ3n) is 3.95. The fourth-order valence-corrected chi connectivity index (χ4v) is 2.71. The molecule has 1 aromatic heterocycles. The summed E-state index contributed by atoms with van der Waals surface area (Å²) in [6.07, 6.45) is 8.62. The van der Waals surface area contributed by atoms with E-state index in [1.54, 1.807) is 12.5 Å². The van der Waals surface area contributed by atoms with Crippen molar-refractivity contribution in [2.24, 2.45) is 5.73 Å². The first-order valence-electron chi connectivity index (χ1n) is 7.41. The number of nitrogens with one attached hydrogen (secondary N) is 1. The molecule has 3 N–H and O–H groups in total. The Hall–Kier alpha value is -1.40. The van der Waals surface area contributed by atoms with Gasteiger partial charge in [0, 0.05) is 38.4 Å². The molecular weight excluding hydrogens is 254 g/mol. The summed E-state index contributed by atoms with van der Waals surface area (Å²) in [5.74, 6) is -0.111. The van der Waals surface area contributed by atoms with Crippen molar-refractivity contribution < 1.29 is 4.79 Å². The molecule has 0 spiro atoms. The van der Waals surface area contributed by atoms with Crippen LogP contribution < -0.4 is 11.1 Å². The van der Waals surface area contributed by atoms with Crippen LogP contribution in [0.4, 0.5) is 0 Å². The van der Waals surface area contributed by atoms with Crippen LogP contribution in [0.5, 0.6) is 0 Å². The maximum Gasteiger partial charge on any atom is 0.271 e. The molecule has 0 aliphatic heterocycles. The number of hydrogen-bond donors (Lipinski definition) is 2. The van der Waals surface area contributed by atoms with Gasteiger partial charge in [-0.3, -0.25) is 4.79 Å². The van der Waals surface area contributed by atoms with Gasteiger partial charge < -0.3 is 20.5 Å². The lowest BCUT2D eigenvalue weighted by Crippen LogP contribution is -2.37. The van der Waals surface area contributed by atoms with Gasteiger partial charge in [0.25, 0.3) is 5.91 Å². The fraction of sp³-hybridized carbons (Fsp3) is 0.714. The Labute approximate surface area is 120 Å². The van der Waals surface area contributed by atoms with Crippen molar-refractivity contribution in [3.05, 3.63) is 18.2 Å². The van der Waals surface area contributed by atoms with Gasteiger partial charge >= 0.3 is 0 Å². The summed E-state index contributed by atoms with van der Waals surface area (Å²) in [6, 6.07) is 0.690. The monoisotopic (exact) mass is 279 g/mol. The van der Waals surface area contributed by atoms with Crippen LogP contribution in [0.15, 0.2) is 12.5 Å². The van der Waals surface area contributed by atoms with Crippen molar-refractivity contribution in [3.63, 3.8) is 0 Å². The molecule has 0 saturated heterocycles. The van der Waals surface area contributed by atoms with Crippen LogP contribution in [0, 0.1) is 0 Å². The second-order valence-electron chi connectivity index (χ2n) is 5.46.